The second-order valence-corrected chi connectivity index (χ2v) is 7.77. The van der Waals surface area contributed by atoms with Crippen molar-refractivity contribution in [1.82, 2.24) is 19.5 Å². The minimum absolute atomic E-state index is 0.0395. The van der Waals surface area contributed by atoms with Gasteiger partial charge in [-0.2, -0.15) is 5.26 Å². The van der Waals surface area contributed by atoms with Gasteiger partial charge in [-0.3, -0.25) is 15.1 Å². The molecule has 0 spiro atoms. The van der Waals surface area contributed by atoms with Crippen molar-refractivity contribution in [1.29, 1.82) is 5.26 Å². The fourth-order valence-electron chi connectivity index (χ4n) is 3.50. The van der Waals surface area contributed by atoms with E-state index in [0.717, 1.165) is 36.4 Å². The standard InChI is InChI=1S/C21H19N7O2S/c22-12-14-6-8-16(9-7-14)24-19(29)18-20(31-27-26-18)25-21(30)28-11-2-1-5-17(28)15-4-3-10-23-13-15/h3-4,6-10,13,17H,1-2,5,11H2,(H,24,29)(H,25,30)/t17-/m0/s1. The second kappa shape index (κ2) is 9.32. The molecule has 9 nitrogen and oxygen atoms in total. The van der Waals surface area contributed by atoms with Crippen molar-refractivity contribution in [3.05, 3.63) is 65.6 Å². The molecule has 1 atom stereocenters. The Balaban J connectivity index is 1.47. The molecular weight excluding hydrogens is 414 g/mol. The van der Waals surface area contributed by atoms with E-state index < -0.39 is 5.91 Å². The van der Waals surface area contributed by atoms with E-state index in [1.54, 1.807) is 41.6 Å². The highest BCUT2D eigenvalue weighted by Crippen LogP contribution is 2.31. The van der Waals surface area contributed by atoms with Gasteiger partial charge in [-0.05, 0) is 55.2 Å². The molecule has 1 aliphatic rings. The SMILES string of the molecule is N#Cc1ccc(NC(=O)c2nnsc2NC(=O)N2CCCC[C@H]2c2cccnc2)cc1. The number of carbonyl (C=O) groups is 2. The Bertz CT molecular complexity index is 1110. The number of piperidine rings is 1. The van der Waals surface area contributed by atoms with E-state index in [9.17, 15) is 9.59 Å². The van der Waals surface area contributed by atoms with Crippen LogP contribution in [0.1, 0.15) is 46.9 Å². The summed E-state index contributed by atoms with van der Waals surface area (Å²) in [7, 11) is 0. The van der Waals surface area contributed by atoms with Crippen LogP contribution in [0.25, 0.3) is 0 Å². The van der Waals surface area contributed by atoms with E-state index >= 15 is 0 Å². The van der Waals surface area contributed by atoms with E-state index in [2.05, 4.69) is 25.2 Å². The molecule has 3 amide bonds. The molecule has 1 fully saturated rings. The number of benzene rings is 1. The third-order valence-corrected chi connectivity index (χ3v) is 5.67. The fourth-order valence-corrected chi connectivity index (χ4v) is 4.06. The van der Waals surface area contributed by atoms with E-state index in [0.29, 0.717) is 17.8 Å². The van der Waals surface area contributed by atoms with Gasteiger partial charge >= 0.3 is 6.03 Å². The first kappa shape index (κ1) is 20.4. The molecule has 0 unspecified atom stereocenters. The number of pyridine rings is 1. The number of hydrogen-bond acceptors (Lipinski definition) is 7. The highest BCUT2D eigenvalue weighted by atomic mass is 32.1. The van der Waals surface area contributed by atoms with Gasteiger partial charge in [-0.1, -0.05) is 10.6 Å². The number of aromatic nitrogens is 3. The van der Waals surface area contributed by atoms with Crippen LogP contribution in [-0.2, 0) is 0 Å². The third kappa shape index (κ3) is 4.67. The lowest BCUT2D eigenvalue weighted by molar-refractivity contribution is 0.102. The van der Waals surface area contributed by atoms with Crippen LogP contribution in [0, 0.1) is 11.3 Å². The third-order valence-electron chi connectivity index (χ3n) is 5.03. The minimum atomic E-state index is -0.490. The summed E-state index contributed by atoms with van der Waals surface area (Å²) >= 11 is 0.948. The number of hydrogen-bond donors (Lipinski definition) is 2. The number of likely N-dealkylation sites (tertiary alicyclic amines) is 1. The predicted octanol–water partition coefficient (Wildman–Crippen LogP) is 3.82. The van der Waals surface area contributed by atoms with Crippen molar-refractivity contribution in [2.24, 2.45) is 0 Å². The summed E-state index contributed by atoms with van der Waals surface area (Å²) in [5, 5.41) is 18.6. The summed E-state index contributed by atoms with van der Waals surface area (Å²) in [4.78, 5) is 31.6. The van der Waals surface area contributed by atoms with E-state index in [1.165, 1.54) is 0 Å². The van der Waals surface area contributed by atoms with Crippen molar-refractivity contribution in [2.75, 3.05) is 17.2 Å². The predicted molar refractivity (Wildman–Crippen MR) is 116 cm³/mol. The summed E-state index contributed by atoms with van der Waals surface area (Å²) in [6.45, 7) is 0.615. The van der Waals surface area contributed by atoms with E-state index in [1.807, 2.05) is 18.2 Å². The molecule has 1 aliphatic heterocycles. The number of urea groups is 1. The van der Waals surface area contributed by atoms with Crippen LogP contribution < -0.4 is 10.6 Å². The zero-order chi connectivity index (χ0) is 21.6. The monoisotopic (exact) mass is 433 g/mol. The maximum Gasteiger partial charge on any atom is 0.323 e. The lowest BCUT2D eigenvalue weighted by Crippen LogP contribution is -2.41. The Hall–Kier alpha value is -3.84. The van der Waals surface area contributed by atoms with Crippen LogP contribution in [0.3, 0.4) is 0 Å². The van der Waals surface area contributed by atoms with Crippen LogP contribution in [0.2, 0.25) is 0 Å². The molecular formula is C21H19N7O2S. The molecule has 0 saturated carbocycles. The zero-order valence-electron chi connectivity index (χ0n) is 16.5. The second-order valence-electron chi connectivity index (χ2n) is 7.02. The lowest BCUT2D eigenvalue weighted by atomic mass is 9.97. The maximum atomic E-state index is 13.0. The van der Waals surface area contributed by atoms with Crippen molar-refractivity contribution in [2.45, 2.75) is 25.3 Å². The molecule has 2 N–H and O–H groups in total. The fraction of sp³-hybridized carbons (Fsp3) is 0.238. The minimum Gasteiger partial charge on any atom is -0.320 e. The Morgan fingerprint density at radius 2 is 2.00 bits per heavy atom. The molecule has 156 valence electrons. The normalized spacial score (nSPS) is 15.7. The van der Waals surface area contributed by atoms with Crippen LogP contribution in [-0.4, -0.2) is 38.0 Å². The highest BCUT2D eigenvalue weighted by molar-refractivity contribution is 7.10. The molecule has 1 aromatic carbocycles. The number of carbonyl (C=O) groups excluding carboxylic acids is 2. The largest absolute Gasteiger partial charge is 0.323 e. The maximum absolute atomic E-state index is 13.0. The van der Waals surface area contributed by atoms with Crippen LogP contribution >= 0.6 is 11.5 Å². The Labute approximate surface area is 182 Å². The smallest absolute Gasteiger partial charge is 0.320 e. The number of anilines is 2. The van der Waals surface area contributed by atoms with Crippen molar-refractivity contribution in [3.8, 4) is 6.07 Å². The summed E-state index contributed by atoms with van der Waals surface area (Å²) < 4.78 is 3.83. The number of nitrogens with one attached hydrogen (secondary N) is 2. The topological polar surface area (TPSA) is 124 Å². The van der Waals surface area contributed by atoms with Gasteiger partial charge in [0.25, 0.3) is 5.91 Å². The van der Waals surface area contributed by atoms with Gasteiger partial charge in [0, 0.05) is 36.2 Å². The molecule has 3 aromatic rings. The first-order valence-corrected chi connectivity index (χ1v) is 10.5. The Morgan fingerprint density at radius 1 is 1.16 bits per heavy atom. The van der Waals surface area contributed by atoms with Gasteiger partial charge in [0.05, 0.1) is 17.7 Å². The highest BCUT2D eigenvalue weighted by Gasteiger charge is 2.29. The quantitative estimate of drug-likeness (QED) is 0.645. The average Bonchev–Trinajstić information content (AvgIpc) is 3.28. The summed E-state index contributed by atoms with van der Waals surface area (Å²) in [5.74, 6) is -0.490. The van der Waals surface area contributed by atoms with Crippen molar-refractivity contribution < 1.29 is 9.59 Å². The van der Waals surface area contributed by atoms with Gasteiger partial charge in [-0.15, -0.1) is 5.10 Å². The Morgan fingerprint density at radius 3 is 2.74 bits per heavy atom. The number of amides is 3. The summed E-state index contributed by atoms with van der Waals surface area (Å²) in [6, 6.07) is 11.9. The molecule has 0 radical (unpaired) electrons. The van der Waals surface area contributed by atoms with Crippen molar-refractivity contribution in [3.63, 3.8) is 0 Å². The van der Waals surface area contributed by atoms with Gasteiger partial charge in [0.2, 0.25) is 0 Å². The Kier molecular flexibility index (Phi) is 6.14. The van der Waals surface area contributed by atoms with Crippen LogP contribution in [0.5, 0.6) is 0 Å². The molecule has 2 aromatic heterocycles. The van der Waals surface area contributed by atoms with E-state index in [4.69, 9.17) is 5.26 Å². The molecule has 0 bridgehead atoms. The molecule has 4 rings (SSSR count). The average molecular weight is 433 g/mol. The summed E-state index contributed by atoms with van der Waals surface area (Å²) in [6.07, 6.45) is 6.28. The first-order valence-electron chi connectivity index (χ1n) is 9.77. The molecule has 1 saturated heterocycles. The molecule has 0 aliphatic carbocycles. The van der Waals surface area contributed by atoms with Crippen LogP contribution in [0.15, 0.2) is 48.8 Å². The molecule has 10 heteroatoms. The zero-order valence-corrected chi connectivity index (χ0v) is 17.3. The summed E-state index contributed by atoms with van der Waals surface area (Å²) in [5.41, 5.74) is 2.03. The molecule has 31 heavy (non-hydrogen) atoms. The van der Waals surface area contributed by atoms with Gasteiger partial charge in [-0.25, -0.2) is 4.79 Å². The molecule has 3 heterocycles. The van der Waals surface area contributed by atoms with Crippen LogP contribution in [0.4, 0.5) is 15.5 Å². The number of rotatable bonds is 4. The van der Waals surface area contributed by atoms with Gasteiger partial charge < -0.3 is 10.2 Å². The van der Waals surface area contributed by atoms with E-state index in [-0.39, 0.29) is 22.8 Å². The van der Waals surface area contributed by atoms with Crippen molar-refractivity contribution >= 4 is 34.2 Å². The lowest BCUT2D eigenvalue weighted by Gasteiger charge is -2.35. The number of nitriles is 1. The number of nitrogens with zero attached hydrogens (tertiary/aromatic N) is 5. The first-order chi connectivity index (χ1) is 15.2. The van der Waals surface area contributed by atoms with Gasteiger partial charge in [0.1, 0.15) is 0 Å². The van der Waals surface area contributed by atoms with Gasteiger partial charge in [0.15, 0.2) is 10.7 Å².